The molecule has 2 N–H and O–H groups in total. The van der Waals surface area contributed by atoms with Crippen LogP contribution in [-0.4, -0.2) is 22.5 Å². The van der Waals surface area contributed by atoms with Crippen molar-refractivity contribution in [3.63, 3.8) is 0 Å². The maximum absolute atomic E-state index is 13.3. The molecule has 5 rings (SSSR count). The number of para-hydroxylation sites is 1. The zero-order valence-electron chi connectivity index (χ0n) is 16.7. The molecule has 0 fully saturated rings. The van der Waals surface area contributed by atoms with Crippen LogP contribution in [0.15, 0.2) is 72.8 Å². The summed E-state index contributed by atoms with van der Waals surface area (Å²) in [7, 11) is 0. The number of halogens is 1. The van der Waals surface area contributed by atoms with Gasteiger partial charge in [-0.2, -0.15) is 0 Å². The van der Waals surface area contributed by atoms with Crippen molar-refractivity contribution in [3.05, 3.63) is 100 Å². The van der Waals surface area contributed by atoms with Crippen molar-refractivity contribution in [1.82, 2.24) is 9.88 Å². The number of hydrogen-bond donors (Lipinski definition) is 2. The third-order valence-electron chi connectivity index (χ3n) is 5.76. The Morgan fingerprint density at radius 3 is 2.67 bits per heavy atom. The molecule has 1 atom stereocenters. The molecule has 4 nitrogen and oxygen atoms in total. The van der Waals surface area contributed by atoms with Gasteiger partial charge in [0.25, 0.3) is 0 Å². The number of urea groups is 1. The SMILES string of the molecule is Cc1ccc([C@H]2c3[nH]c4ccccc4c3CCN2C(=O)Nc2cccc(Cl)c2)cc1. The first kappa shape index (κ1) is 18.8. The van der Waals surface area contributed by atoms with Crippen LogP contribution in [0.1, 0.15) is 28.4 Å². The number of H-pyrrole nitrogens is 1. The van der Waals surface area contributed by atoms with Crippen LogP contribution in [0.5, 0.6) is 0 Å². The standard InChI is InChI=1S/C25H22ClN3O/c1-16-9-11-17(12-10-16)24-23-21(20-7-2-3-8-22(20)28-23)13-14-29(24)25(30)27-19-6-4-5-18(26)15-19/h2-12,15,24,28H,13-14H2,1H3,(H,27,30)/t24-/m0/s1. The summed E-state index contributed by atoms with van der Waals surface area (Å²) >= 11 is 6.10. The Balaban J connectivity index is 1.57. The highest BCUT2D eigenvalue weighted by Gasteiger charge is 2.34. The van der Waals surface area contributed by atoms with Gasteiger partial charge >= 0.3 is 6.03 Å². The number of aromatic nitrogens is 1. The average molecular weight is 416 g/mol. The predicted molar refractivity (Wildman–Crippen MR) is 122 cm³/mol. The van der Waals surface area contributed by atoms with Gasteiger partial charge in [-0.15, -0.1) is 0 Å². The van der Waals surface area contributed by atoms with Crippen molar-refractivity contribution in [2.24, 2.45) is 0 Å². The lowest BCUT2D eigenvalue weighted by Gasteiger charge is -2.36. The molecule has 2 heterocycles. The van der Waals surface area contributed by atoms with Crippen molar-refractivity contribution in [1.29, 1.82) is 0 Å². The number of nitrogens with one attached hydrogen (secondary N) is 2. The van der Waals surface area contributed by atoms with Crippen LogP contribution in [0.25, 0.3) is 10.9 Å². The van der Waals surface area contributed by atoms with Gasteiger partial charge in [0, 0.05) is 33.9 Å². The second-order valence-electron chi connectivity index (χ2n) is 7.76. The van der Waals surface area contributed by atoms with Gasteiger partial charge in [-0.1, -0.05) is 65.7 Å². The molecule has 0 saturated carbocycles. The van der Waals surface area contributed by atoms with Gasteiger partial charge in [0.2, 0.25) is 0 Å². The molecule has 150 valence electrons. The molecule has 1 aliphatic heterocycles. The first-order valence-electron chi connectivity index (χ1n) is 10.1. The van der Waals surface area contributed by atoms with Crippen LogP contribution < -0.4 is 5.32 Å². The highest BCUT2D eigenvalue weighted by atomic mass is 35.5. The van der Waals surface area contributed by atoms with E-state index in [1.54, 1.807) is 12.1 Å². The summed E-state index contributed by atoms with van der Waals surface area (Å²) in [6, 6.07) is 23.7. The van der Waals surface area contributed by atoms with E-state index in [-0.39, 0.29) is 12.1 Å². The summed E-state index contributed by atoms with van der Waals surface area (Å²) in [4.78, 5) is 18.8. The van der Waals surface area contributed by atoms with E-state index in [9.17, 15) is 4.79 Å². The van der Waals surface area contributed by atoms with Crippen LogP contribution in [0.4, 0.5) is 10.5 Å². The van der Waals surface area contributed by atoms with E-state index in [2.05, 4.69) is 59.7 Å². The number of anilines is 1. The number of amides is 2. The first-order chi connectivity index (χ1) is 14.6. The lowest BCUT2D eigenvalue weighted by molar-refractivity contribution is 0.193. The molecule has 0 unspecified atom stereocenters. The minimum atomic E-state index is -0.180. The number of rotatable bonds is 2. The number of hydrogen-bond acceptors (Lipinski definition) is 1. The molecule has 0 bridgehead atoms. The highest BCUT2D eigenvalue weighted by Crippen LogP contribution is 2.38. The molecule has 0 saturated heterocycles. The molecule has 1 aliphatic rings. The minimum absolute atomic E-state index is 0.132. The summed E-state index contributed by atoms with van der Waals surface area (Å²) in [5.74, 6) is 0. The van der Waals surface area contributed by atoms with E-state index in [0.717, 1.165) is 23.2 Å². The van der Waals surface area contributed by atoms with Crippen molar-refractivity contribution in [2.75, 3.05) is 11.9 Å². The molecule has 3 aromatic carbocycles. The molecule has 30 heavy (non-hydrogen) atoms. The smallest absolute Gasteiger partial charge is 0.322 e. The summed E-state index contributed by atoms with van der Waals surface area (Å²) in [5, 5.41) is 4.85. The van der Waals surface area contributed by atoms with Crippen LogP contribution in [0.3, 0.4) is 0 Å². The summed E-state index contributed by atoms with van der Waals surface area (Å²) in [5.41, 5.74) is 6.47. The Labute approximate surface area is 180 Å². The fraction of sp³-hybridized carbons (Fsp3) is 0.160. The van der Waals surface area contributed by atoms with E-state index in [0.29, 0.717) is 17.3 Å². The van der Waals surface area contributed by atoms with E-state index >= 15 is 0 Å². The van der Waals surface area contributed by atoms with E-state index < -0.39 is 0 Å². The second kappa shape index (κ2) is 7.54. The van der Waals surface area contributed by atoms with Crippen molar-refractivity contribution in [3.8, 4) is 0 Å². The normalized spacial score (nSPS) is 15.8. The van der Waals surface area contributed by atoms with Gasteiger partial charge < -0.3 is 15.2 Å². The molecular formula is C25H22ClN3O. The van der Waals surface area contributed by atoms with Gasteiger partial charge in [0.05, 0.1) is 6.04 Å². The highest BCUT2D eigenvalue weighted by molar-refractivity contribution is 6.30. The fourth-order valence-electron chi connectivity index (χ4n) is 4.32. The minimum Gasteiger partial charge on any atom is -0.356 e. The topological polar surface area (TPSA) is 48.1 Å². The molecule has 0 aliphatic carbocycles. The van der Waals surface area contributed by atoms with Crippen molar-refractivity contribution in [2.45, 2.75) is 19.4 Å². The lowest BCUT2D eigenvalue weighted by Crippen LogP contribution is -2.43. The Hall–Kier alpha value is -3.24. The Kier molecular flexibility index (Phi) is 4.72. The molecule has 4 aromatic rings. The maximum atomic E-state index is 13.3. The first-order valence-corrected chi connectivity index (χ1v) is 10.5. The average Bonchev–Trinajstić information content (AvgIpc) is 3.12. The van der Waals surface area contributed by atoms with Crippen LogP contribution in [0, 0.1) is 6.92 Å². The Morgan fingerprint density at radius 2 is 1.87 bits per heavy atom. The molecule has 0 radical (unpaired) electrons. The summed E-state index contributed by atoms with van der Waals surface area (Å²) in [6.07, 6.45) is 0.810. The van der Waals surface area contributed by atoms with E-state index in [1.807, 2.05) is 23.1 Å². The number of benzene rings is 3. The molecular weight excluding hydrogens is 394 g/mol. The Bertz CT molecular complexity index is 1230. The zero-order valence-corrected chi connectivity index (χ0v) is 17.4. The number of aryl methyl sites for hydroxylation is 1. The molecule has 2 amide bonds. The Morgan fingerprint density at radius 1 is 1.07 bits per heavy atom. The van der Waals surface area contributed by atoms with Crippen molar-refractivity contribution < 1.29 is 4.79 Å². The predicted octanol–water partition coefficient (Wildman–Crippen LogP) is 6.31. The van der Waals surface area contributed by atoms with Gasteiger partial charge in [-0.3, -0.25) is 0 Å². The summed E-state index contributed by atoms with van der Waals surface area (Å²) < 4.78 is 0. The molecule has 1 aromatic heterocycles. The largest absolute Gasteiger partial charge is 0.356 e. The number of carbonyl (C=O) groups excluding carboxylic acids is 1. The quantitative estimate of drug-likeness (QED) is 0.396. The molecule has 0 spiro atoms. The van der Waals surface area contributed by atoms with E-state index in [4.69, 9.17) is 11.6 Å². The number of nitrogens with zero attached hydrogens (tertiary/aromatic N) is 1. The van der Waals surface area contributed by atoms with Crippen LogP contribution in [0.2, 0.25) is 5.02 Å². The zero-order chi connectivity index (χ0) is 20.7. The lowest BCUT2D eigenvalue weighted by atomic mass is 9.92. The van der Waals surface area contributed by atoms with Crippen molar-refractivity contribution >= 4 is 34.2 Å². The number of carbonyl (C=O) groups is 1. The van der Waals surface area contributed by atoms with Gasteiger partial charge in [-0.05, 0) is 48.7 Å². The summed E-state index contributed by atoms with van der Waals surface area (Å²) in [6.45, 7) is 2.71. The van der Waals surface area contributed by atoms with Crippen LogP contribution >= 0.6 is 11.6 Å². The molecule has 5 heteroatoms. The van der Waals surface area contributed by atoms with Gasteiger partial charge in [0.1, 0.15) is 0 Å². The fourth-order valence-corrected chi connectivity index (χ4v) is 4.51. The van der Waals surface area contributed by atoms with Gasteiger partial charge in [0.15, 0.2) is 0 Å². The van der Waals surface area contributed by atoms with E-state index in [1.165, 1.54) is 16.5 Å². The maximum Gasteiger partial charge on any atom is 0.322 e. The second-order valence-corrected chi connectivity index (χ2v) is 8.20. The number of aromatic amines is 1. The van der Waals surface area contributed by atoms with Gasteiger partial charge in [-0.25, -0.2) is 4.79 Å². The monoisotopic (exact) mass is 415 g/mol. The third kappa shape index (κ3) is 3.33. The van der Waals surface area contributed by atoms with Crippen LogP contribution in [-0.2, 0) is 6.42 Å². The third-order valence-corrected chi connectivity index (χ3v) is 6.00. The number of fused-ring (bicyclic) bond motifs is 3.